The van der Waals surface area contributed by atoms with Crippen LogP contribution in [-0.2, 0) is 20.3 Å². The van der Waals surface area contributed by atoms with Gasteiger partial charge in [-0.3, -0.25) is 0 Å². The van der Waals surface area contributed by atoms with Gasteiger partial charge >= 0.3 is 11.9 Å². The van der Waals surface area contributed by atoms with Crippen molar-refractivity contribution in [3.8, 4) is 0 Å². The molecule has 5 rings (SSSR count). The van der Waals surface area contributed by atoms with Crippen LogP contribution in [0.5, 0.6) is 0 Å². The van der Waals surface area contributed by atoms with Crippen LogP contribution in [-0.4, -0.2) is 25.2 Å². The van der Waals surface area contributed by atoms with Crippen molar-refractivity contribution >= 4 is 78.3 Å². The second-order valence-corrected chi connectivity index (χ2v) is 16.8. The first-order valence-corrected chi connectivity index (χ1v) is 18.0. The highest BCUT2D eigenvalue weighted by molar-refractivity contribution is 8.00. The number of rotatable bonds is 8. The van der Waals surface area contributed by atoms with Crippen molar-refractivity contribution in [2.45, 2.75) is 85.8 Å². The maximum atomic E-state index is 13.2. The molecule has 230 valence electrons. The summed E-state index contributed by atoms with van der Waals surface area (Å²) in [6.07, 6.45) is 0. The van der Waals surface area contributed by atoms with Crippen LogP contribution in [0, 0.1) is 0 Å². The maximum Gasteiger partial charge on any atom is 0.349 e. The highest BCUT2D eigenvalue weighted by Crippen LogP contribution is 2.48. The molecular weight excluding hydrogens is 625 g/mol. The van der Waals surface area contributed by atoms with Gasteiger partial charge in [0.2, 0.25) is 0 Å². The lowest BCUT2D eigenvalue weighted by atomic mass is 9.87. The molecule has 0 saturated carbocycles. The van der Waals surface area contributed by atoms with Crippen molar-refractivity contribution in [2.24, 2.45) is 0 Å². The number of fused-ring (bicyclic) bond motifs is 2. The molecule has 2 heterocycles. The summed E-state index contributed by atoms with van der Waals surface area (Å²) < 4.78 is 12.9. The molecule has 5 aromatic rings. The molecule has 0 amide bonds. The fourth-order valence-electron chi connectivity index (χ4n) is 4.79. The minimum absolute atomic E-state index is 0.0557. The zero-order valence-corrected chi connectivity index (χ0v) is 29.7. The van der Waals surface area contributed by atoms with Gasteiger partial charge in [0.25, 0.3) is 0 Å². The van der Waals surface area contributed by atoms with Crippen LogP contribution in [0.15, 0.2) is 80.2 Å². The number of hydrogen-bond donors (Lipinski definition) is 0. The largest absolute Gasteiger partial charge is 0.462 e. The van der Waals surface area contributed by atoms with Crippen LogP contribution >= 0.6 is 46.2 Å². The molecule has 4 nitrogen and oxygen atoms in total. The first-order chi connectivity index (χ1) is 20.8. The Balaban J connectivity index is 1.63. The number of carbonyl (C=O) groups is 2. The van der Waals surface area contributed by atoms with E-state index < -0.39 is 0 Å². The minimum Gasteiger partial charge on any atom is -0.462 e. The Bertz CT molecular complexity index is 1680. The fourth-order valence-corrected chi connectivity index (χ4v) is 9.37. The molecule has 0 N–H and O–H groups in total. The molecule has 0 radical (unpaired) electrons. The molecular formula is C36H38O4S4. The van der Waals surface area contributed by atoms with Crippen LogP contribution in [0.2, 0.25) is 0 Å². The fraction of sp³-hybridized carbons (Fsp3) is 0.333. The van der Waals surface area contributed by atoms with Gasteiger partial charge in [-0.25, -0.2) is 9.59 Å². The Morgan fingerprint density at radius 3 is 1.25 bits per heavy atom. The van der Waals surface area contributed by atoms with E-state index in [0.717, 1.165) is 39.8 Å². The van der Waals surface area contributed by atoms with Gasteiger partial charge in [0.05, 0.1) is 13.2 Å². The Kier molecular flexibility index (Phi) is 9.57. The summed E-state index contributed by atoms with van der Waals surface area (Å²) in [7, 11) is 0. The average Bonchev–Trinajstić information content (AvgIpc) is 3.49. The second kappa shape index (κ2) is 12.9. The lowest BCUT2D eigenvalue weighted by molar-refractivity contribution is 0.0519. The average molecular weight is 663 g/mol. The summed E-state index contributed by atoms with van der Waals surface area (Å²) in [5.74, 6) is -0.627. The number of ether oxygens (including phenoxy) is 2. The van der Waals surface area contributed by atoms with Crippen molar-refractivity contribution in [3.05, 3.63) is 81.5 Å². The van der Waals surface area contributed by atoms with E-state index in [2.05, 4.69) is 102 Å². The predicted molar refractivity (Wildman–Crippen MR) is 188 cm³/mol. The molecule has 0 aliphatic heterocycles. The number of thiophene rings is 2. The predicted octanol–water partition coefficient (Wildman–Crippen LogP) is 11.4. The molecule has 44 heavy (non-hydrogen) atoms. The first kappa shape index (κ1) is 32.6. The summed E-state index contributed by atoms with van der Waals surface area (Å²) in [6.45, 7) is 17.5. The van der Waals surface area contributed by atoms with Crippen molar-refractivity contribution < 1.29 is 19.1 Å². The van der Waals surface area contributed by atoms with E-state index in [1.165, 1.54) is 33.8 Å². The van der Waals surface area contributed by atoms with E-state index in [-0.39, 0.29) is 22.8 Å². The number of esters is 2. The standard InChI is InChI=1S/C36H38O4S4/c1-9-39-33(37)31-29(41-23-15-11-21(12-16-23)35(3,4)5)25-19-28-26(20-27(25)43-31)30(32(44-28)34(38)40-10-2)42-24-17-13-22(14-18-24)36(6,7)8/h11-20H,9-10H2,1-8H3. The topological polar surface area (TPSA) is 52.6 Å². The van der Waals surface area contributed by atoms with Gasteiger partial charge in [0, 0.05) is 39.8 Å². The van der Waals surface area contributed by atoms with Gasteiger partial charge < -0.3 is 9.47 Å². The van der Waals surface area contributed by atoms with Gasteiger partial charge in [-0.1, -0.05) is 89.3 Å². The Labute approximate surface area is 276 Å². The van der Waals surface area contributed by atoms with Gasteiger partial charge in [-0.05, 0) is 72.2 Å². The summed E-state index contributed by atoms with van der Waals surface area (Å²) in [5, 5.41) is 1.97. The summed E-state index contributed by atoms with van der Waals surface area (Å²) in [5.41, 5.74) is 2.63. The Hall–Kier alpha value is -2.78. The third kappa shape index (κ3) is 6.89. The van der Waals surface area contributed by atoms with Crippen LogP contribution in [0.3, 0.4) is 0 Å². The van der Waals surface area contributed by atoms with E-state index in [9.17, 15) is 9.59 Å². The second-order valence-electron chi connectivity index (χ2n) is 12.6. The van der Waals surface area contributed by atoms with E-state index in [0.29, 0.717) is 23.0 Å². The van der Waals surface area contributed by atoms with Crippen LogP contribution in [0.1, 0.15) is 85.9 Å². The number of hydrogen-bond acceptors (Lipinski definition) is 8. The SMILES string of the molecule is CCOC(=O)c1sc2cc3c(Sc4ccc(C(C)(C)C)cc4)c(C(=O)OCC)sc3cc2c1Sc1ccc(C(C)(C)C)cc1. The molecule has 0 bridgehead atoms. The van der Waals surface area contributed by atoms with Gasteiger partial charge in [0.1, 0.15) is 9.75 Å². The lowest BCUT2D eigenvalue weighted by Crippen LogP contribution is -2.10. The third-order valence-corrected chi connectivity index (χ3v) is 12.0. The van der Waals surface area contributed by atoms with Crippen LogP contribution < -0.4 is 0 Å². The monoisotopic (exact) mass is 662 g/mol. The lowest BCUT2D eigenvalue weighted by Gasteiger charge is -2.19. The molecule has 0 saturated heterocycles. The zero-order chi connectivity index (χ0) is 31.8. The summed E-state index contributed by atoms with van der Waals surface area (Å²) in [6, 6.07) is 21.3. The minimum atomic E-state index is -0.313. The quantitative estimate of drug-likeness (QED) is 0.154. The highest BCUT2D eigenvalue weighted by atomic mass is 32.2. The number of carbonyl (C=O) groups excluding carboxylic acids is 2. The molecule has 0 aliphatic carbocycles. The molecule has 0 aliphatic rings. The van der Waals surface area contributed by atoms with E-state index in [4.69, 9.17) is 9.47 Å². The van der Waals surface area contributed by atoms with Gasteiger partial charge in [0.15, 0.2) is 0 Å². The van der Waals surface area contributed by atoms with Crippen molar-refractivity contribution in [1.29, 1.82) is 0 Å². The van der Waals surface area contributed by atoms with Crippen LogP contribution in [0.4, 0.5) is 0 Å². The van der Waals surface area contributed by atoms with Crippen molar-refractivity contribution in [3.63, 3.8) is 0 Å². The van der Waals surface area contributed by atoms with E-state index >= 15 is 0 Å². The van der Waals surface area contributed by atoms with Crippen molar-refractivity contribution in [2.75, 3.05) is 13.2 Å². The zero-order valence-electron chi connectivity index (χ0n) is 26.5. The van der Waals surface area contributed by atoms with Gasteiger partial charge in [-0.2, -0.15) is 0 Å². The molecule has 8 heteroatoms. The first-order valence-electron chi connectivity index (χ1n) is 14.7. The molecule has 0 unspecified atom stereocenters. The summed E-state index contributed by atoms with van der Waals surface area (Å²) >= 11 is 6.05. The third-order valence-electron chi connectivity index (χ3n) is 7.21. The van der Waals surface area contributed by atoms with Crippen molar-refractivity contribution in [1.82, 2.24) is 0 Å². The Morgan fingerprint density at radius 1 is 0.614 bits per heavy atom. The highest BCUT2D eigenvalue weighted by Gasteiger charge is 2.26. The molecule has 0 atom stereocenters. The number of benzene rings is 3. The molecule has 0 spiro atoms. The van der Waals surface area contributed by atoms with Gasteiger partial charge in [-0.15, -0.1) is 22.7 Å². The van der Waals surface area contributed by atoms with E-state index in [1.54, 1.807) is 23.5 Å². The maximum absolute atomic E-state index is 13.2. The van der Waals surface area contributed by atoms with E-state index in [1.807, 2.05) is 13.8 Å². The van der Waals surface area contributed by atoms with Crippen LogP contribution in [0.25, 0.3) is 20.2 Å². The molecule has 0 fully saturated rings. The normalized spacial score (nSPS) is 12.2. The summed E-state index contributed by atoms with van der Waals surface area (Å²) in [4.78, 5) is 31.4. The smallest absolute Gasteiger partial charge is 0.349 e. The molecule has 2 aromatic heterocycles. The molecule has 3 aromatic carbocycles. The Morgan fingerprint density at radius 2 is 0.955 bits per heavy atom.